The Kier molecular flexibility index (Phi) is 10.5. The lowest BCUT2D eigenvalue weighted by atomic mass is 10.1. The van der Waals surface area contributed by atoms with Crippen molar-refractivity contribution in [2.75, 3.05) is 23.7 Å². The third-order valence-corrected chi connectivity index (χ3v) is 7.18. The predicted octanol–water partition coefficient (Wildman–Crippen LogP) is 4.62. The number of hydrogen-bond acceptors (Lipinski definition) is 4. The van der Waals surface area contributed by atoms with Crippen molar-refractivity contribution in [3.63, 3.8) is 0 Å². The summed E-state index contributed by atoms with van der Waals surface area (Å²) < 4.78 is 53.0. The van der Waals surface area contributed by atoms with Gasteiger partial charge in [-0.15, -0.1) is 0 Å². The molecule has 0 heterocycles. The molecule has 0 fully saturated rings. The number of nitrogens with zero attached hydrogens (tertiary/aromatic N) is 2. The monoisotopic (exact) mass is 563 g/mol. The summed E-state index contributed by atoms with van der Waals surface area (Å²) in [5, 5.41) is 3.32. The van der Waals surface area contributed by atoms with E-state index in [4.69, 9.17) is 23.2 Å². The molecule has 0 radical (unpaired) electrons. The van der Waals surface area contributed by atoms with Crippen LogP contribution in [0.2, 0.25) is 10.0 Å². The summed E-state index contributed by atoms with van der Waals surface area (Å²) in [6.45, 7) is 4.96. The van der Waals surface area contributed by atoms with E-state index in [1.807, 2.05) is 13.8 Å². The van der Waals surface area contributed by atoms with Gasteiger partial charge in [0, 0.05) is 34.8 Å². The van der Waals surface area contributed by atoms with Crippen LogP contribution in [0, 0.1) is 17.6 Å². The zero-order chi connectivity index (χ0) is 27.2. The molecule has 0 aliphatic rings. The number of benzene rings is 2. The molecule has 2 aromatic carbocycles. The third kappa shape index (κ3) is 7.78. The first kappa shape index (κ1) is 29.8. The Morgan fingerprint density at radius 3 is 2.17 bits per heavy atom. The topological polar surface area (TPSA) is 86.8 Å². The highest BCUT2D eigenvalue weighted by atomic mass is 35.5. The minimum absolute atomic E-state index is 0.155. The van der Waals surface area contributed by atoms with Gasteiger partial charge in [-0.3, -0.25) is 13.9 Å². The lowest BCUT2D eigenvalue weighted by Gasteiger charge is -2.33. The number of hydrogen-bond donors (Lipinski definition) is 1. The molecule has 0 unspecified atom stereocenters. The van der Waals surface area contributed by atoms with Gasteiger partial charge in [0.1, 0.15) is 12.6 Å². The van der Waals surface area contributed by atoms with E-state index in [2.05, 4.69) is 5.32 Å². The highest BCUT2D eigenvalue weighted by Crippen LogP contribution is 2.28. The Bertz CT molecular complexity index is 1190. The summed E-state index contributed by atoms with van der Waals surface area (Å²) in [4.78, 5) is 27.8. The molecule has 0 spiro atoms. The van der Waals surface area contributed by atoms with E-state index in [0.29, 0.717) is 22.5 Å². The Hall–Kier alpha value is -2.43. The Balaban J connectivity index is 2.50. The highest BCUT2D eigenvalue weighted by molar-refractivity contribution is 7.92. The average molecular weight is 564 g/mol. The van der Waals surface area contributed by atoms with Crippen molar-refractivity contribution in [2.24, 2.45) is 5.92 Å². The van der Waals surface area contributed by atoms with Gasteiger partial charge in [0.15, 0.2) is 11.6 Å². The van der Waals surface area contributed by atoms with Crippen molar-refractivity contribution < 1.29 is 26.8 Å². The summed E-state index contributed by atoms with van der Waals surface area (Å²) >= 11 is 12.6. The van der Waals surface area contributed by atoms with Crippen LogP contribution in [0.5, 0.6) is 0 Å². The molecule has 0 aliphatic heterocycles. The first-order valence-electron chi connectivity index (χ1n) is 11.2. The number of sulfonamides is 1. The van der Waals surface area contributed by atoms with E-state index in [-0.39, 0.29) is 34.6 Å². The van der Waals surface area contributed by atoms with Crippen LogP contribution < -0.4 is 9.62 Å². The Labute approximate surface area is 220 Å². The van der Waals surface area contributed by atoms with E-state index in [1.165, 1.54) is 4.90 Å². The van der Waals surface area contributed by atoms with Gasteiger partial charge in [0.25, 0.3) is 0 Å². The van der Waals surface area contributed by atoms with Gasteiger partial charge in [-0.1, -0.05) is 50.0 Å². The number of carbonyl (C=O) groups excluding carboxylic acids is 2. The number of rotatable bonds is 11. The van der Waals surface area contributed by atoms with Gasteiger partial charge in [-0.25, -0.2) is 17.2 Å². The summed E-state index contributed by atoms with van der Waals surface area (Å²) in [7, 11) is -4.10. The smallest absolute Gasteiger partial charge is 0.244 e. The van der Waals surface area contributed by atoms with Crippen LogP contribution in [0.4, 0.5) is 14.5 Å². The molecule has 0 aromatic heterocycles. The zero-order valence-corrected chi connectivity index (χ0v) is 22.7. The van der Waals surface area contributed by atoms with Crippen LogP contribution in [0.25, 0.3) is 0 Å². The van der Waals surface area contributed by atoms with Crippen LogP contribution in [0.1, 0.15) is 32.8 Å². The van der Waals surface area contributed by atoms with Crippen molar-refractivity contribution >= 4 is 50.7 Å². The quantitative estimate of drug-likeness (QED) is 0.432. The van der Waals surface area contributed by atoms with E-state index in [0.717, 1.165) is 18.4 Å². The van der Waals surface area contributed by atoms with Crippen molar-refractivity contribution in [1.82, 2.24) is 10.2 Å². The highest BCUT2D eigenvalue weighted by Gasteiger charge is 2.32. The second-order valence-corrected chi connectivity index (χ2v) is 11.4. The lowest BCUT2D eigenvalue weighted by Crippen LogP contribution is -2.52. The first-order valence-corrected chi connectivity index (χ1v) is 13.8. The number of halogens is 4. The molecule has 2 amide bonds. The molecule has 0 aliphatic carbocycles. The molecule has 2 rings (SSSR count). The number of amides is 2. The summed E-state index contributed by atoms with van der Waals surface area (Å²) in [5.74, 6) is -3.47. The third-order valence-electron chi connectivity index (χ3n) is 5.33. The molecule has 0 bridgehead atoms. The molecule has 198 valence electrons. The first-order chi connectivity index (χ1) is 16.8. The van der Waals surface area contributed by atoms with Crippen molar-refractivity contribution in [3.8, 4) is 0 Å². The summed E-state index contributed by atoms with van der Waals surface area (Å²) in [5.41, 5.74) is 0.140. The van der Waals surface area contributed by atoms with Gasteiger partial charge in [0.2, 0.25) is 21.8 Å². The van der Waals surface area contributed by atoms with E-state index in [1.54, 1.807) is 25.1 Å². The number of nitrogens with one attached hydrogen (secondary N) is 1. The van der Waals surface area contributed by atoms with Crippen molar-refractivity contribution in [1.29, 1.82) is 0 Å². The minimum atomic E-state index is -4.10. The summed E-state index contributed by atoms with van der Waals surface area (Å²) in [6, 6.07) is 6.31. The Morgan fingerprint density at radius 1 is 1.06 bits per heavy atom. The standard InChI is InChI=1S/C24H29Cl2F2N3O4S/c1-5-22(24(33)29-12-15(2)3)30(13-17-18(25)7-6-8-19(17)26)23(32)14-31(36(4,34)35)16-9-10-20(27)21(28)11-16/h6-11,15,22H,5,12-14H2,1-4H3,(H,29,33)/t22-/m0/s1. The molecule has 36 heavy (non-hydrogen) atoms. The van der Waals surface area contributed by atoms with Gasteiger partial charge in [0.05, 0.1) is 11.9 Å². The maximum absolute atomic E-state index is 13.9. The van der Waals surface area contributed by atoms with Gasteiger partial charge in [-0.2, -0.15) is 0 Å². The molecular formula is C24H29Cl2F2N3O4S. The maximum Gasteiger partial charge on any atom is 0.244 e. The zero-order valence-electron chi connectivity index (χ0n) is 20.4. The van der Waals surface area contributed by atoms with Crippen LogP contribution in [-0.2, 0) is 26.2 Å². The van der Waals surface area contributed by atoms with Crippen molar-refractivity contribution in [2.45, 2.75) is 39.8 Å². The number of anilines is 1. The summed E-state index contributed by atoms with van der Waals surface area (Å²) in [6.07, 6.45) is 1.05. The molecule has 0 saturated heterocycles. The molecule has 1 N–H and O–H groups in total. The fourth-order valence-corrected chi connectivity index (χ4v) is 4.81. The number of carbonyl (C=O) groups is 2. The molecule has 12 heteroatoms. The SMILES string of the molecule is CC[C@@H](C(=O)NCC(C)C)N(Cc1c(Cl)cccc1Cl)C(=O)CN(c1ccc(F)c(F)c1)S(C)(=O)=O. The van der Waals surface area contributed by atoms with Crippen LogP contribution in [0.15, 0.2) is 36.4 Å². The van der Waals surface area contributed by atoms with Crippen LogP contribution in [0.3, 0.4) is 0 Å². The predicted molar refractivity (Wildman–Crippen MR) is 137 cm³/mol. The normalized spacial score (nSPS) is 12.4. The van der Waals surface area contributed by atoms with Crippen LogP contribution in [-0.4, -0.2) is 50.5 Å². The molecule has 1 atom stereocenters. The van der Waals surface area contributed by atoms with E-state index in [9.17, 15) is 26.8 Å². The maximum atomic E-state index is 13.9. The molecule has 7 nitrogen and oxygen atoms in total. The molecular weight excluding hydrogens is 535 g/mol. The van der Waals surface area contributed by atoms with Gasteiger partial charge < -0.3 is 10.2 Å². The van der Waals surface area contributed by atoms with Gasteiger partial charge >= 0.3 is 0 Å². The van der Waals surface area contributed by atoms with E-state index < -0.39 is 46.1 Å². The second kappa shape index (κ2) is 12.7. The molecule has 0 saturated carbocycles. The van der Waals surface area contributed by atoms with Crippen molar-refractivity contribution in [3.05, 3.63) is 63.6 Å². The lowest BCUT2D eigenvalue weighted by molar-refractivity contribution is -0.140. The fourth-order valence-electron chi connectivity index (χ4n) is 3.45. The molecule has 2 aromatic rings. The van der Waals surface area contributed by atoms with Gasteiger partial charge in [-0.05, 0) is 36.6 Å². The average Bonchev–Trinajstić information content (AvgIpc) is 2.78. The fraction of sp³-hybridized carbons (Fsp3) is 0.417. The second-order valence-electron chi connectivity index (χ2n) is 8.65. The minimum Gasteiger partial charge on any atom is -0.354 e. The Morgan fingerprint density at radius 2 is 1.67 bits per heavy atom. The van der Waals surface area contributed by atoms with E-state index >= 15 is 0 Å². The van der Waals surface area contributed by atoms with Crippen LogP contribution >= 0.6 is 23.2 Å². The largest absolute Gasteiger partial charge is 0.354 e.